The van der Waals surface area contributed by atoms with Gasteiger partial charge in [0.2, 0.25) is 0 Å². The second-order valence-corrected chi connectivity index (χ2v) is 2.38. The van der Waals surface area contributed by atoms with Crippen LogP contribution in [0, 0.1) is 5.89 Å². The molecule has 0 atom stereocenters. The minimum Gasteiger partial charge on any atom is -0.271 e. The third-order valence-corrected chi connectivity index (χ3v) is 1.21. The summed E-state index contributed by atoms with van der Waals surface area (Å²) in [4.78, 5) is 0. The van der Waals surface area contributed by atoms with E-state index in [4.69, 9.17) is 12.3 Å². The number of rotatable bonds is 2. The fourth-order valence-electron chi connectivity index (χ4n) is 0.479. The van der Waals surface area contributed by atoms with Crippen molar-refractivity contribution in [3.05, 3.63) is 16.9 Å². The molecule has 3 heteroatoms. The molecule has 0 aromatic carbocycles. The van der Waals surface area contributed by atoms with Crippen molar-refractivity contribution in [3.8, 4) is 0 Å². The molecule has 0 fully saturated rings. The highest BCUT2D eigenvalue weighted by molar-refractivity contribution is 9.10. The SMILES string of the molecule is [2H]C([2H])([2H])C([2H])(C([2H])([2H])[2H])C([2H])([2H])n1ccc(Br)n1. The average Bonchev–Trinajstić information content (AvgIpc) is 2.60. The lowest BCUT2D eigenvalue weighted by Gasteiger charge is -2.02. The first-order chi connectivity index (χ1) is 8.25. The fraction of sp³-hybridized carbons (Fsp3) is 0.571. The van der Waals surface area contributed by atoms with Crippen molar-refractivity contribution in [2.45, 2.75) is 20.2 Å². The molecule has 0 radical (unpaired) electrons. The van der Waals surface area contributed by atoms with Gasteiger partial charge in [-0.05, 0) is 27.9 Å². The Bertz CT molecular complexity index is 446. The largest absolute Gasteiger partial charge is 0.271 e. The van der Waals surface area contributed by atoms with E-state index in [1.54, 1.807) is 0 Å². The van der Waals surface area contributed by atoms with Crippen molar-refractivity contribution in [2.24, 2.45) is 5.89 Å². The zero-order valence-corrected chi connectivity index (χ0v) is 6.51. The summed E-state index contributed by atoms with van der Waals surface area (Å²) in [7, 11) is 0. The predicted octanol–water partition coefficient (Wildman–Crippen LogP) is 2.30. The van der Waals surface area contributed by atoms with Gasteiger partial charge in [-0.3, -0.25) is 4.68 Å². The van der Waals surface area contributed by atoms with E-state index in [2.05, 4.69) is 21.0 Å². The molecule has 1 heterocycles. The molecule has 10 heavy (non-hydrogen) atoms. The lowest BCUT2D eigenvalue weighted by Crippen LogP contribution is -2.04. The number of hydrogen-bond acceptors (Lipinski definition) is 1. The first-order valence-corrected chi connectivity index (χ1v) is 3.26. The quantitative estimate of drug-likeness (QED) is 0.735. The third-order valence-electron chi connectivity index (χ3n) is 0.783. The van der Waals surface area contributed by atoms with Crippen LogP contribution in [0.1, 0.15) is 26.0 Å². The van der Waals surface area contributed by atoms with Gasteiger partial charge in [-0.2, -0.15) is 5.10 Å². The van der Waals surface area contributed by atoms with E-state index in [-0.39, 0.29) is 4.60 Å². The molecular weight excluding hydrogens is 192 g/mol. The second-order valence-electron chi connectivity index (χ2n) is 1.57. The van der Waals surface area contributed by atoms with Crippen LogP contribution in [0.15, 0.2) is 16.9 Å². The van der Waals surface area contributed by atoms with Crippen molar-refractivity contribution in [3.63, 3.8) is 0 Å². The molecule has 0 aliphatic heterocycles. The van der Waals surface area contributed by atoms with E-state index in [0.29, 0.717) is 4.68 Å². The van der Waals surface area contributed by atoms with Crippen LogP contribution in [0.3, 0.4) is 0 Å². The van der Waals surface area contributed by atoms with E-state index < -0.39 is 26.1 Å². The van der Waals surface area contributed by atoms with Gasteiger partial charge in [-0.15, -0.1) is 0 Å². The number of aromatic nitrogens is 2. The number of nitrogens with zero attached hydrogens (tertiary/aromatic N) is 2. The third kappa shape index (κ3) is 2.14. The lowest BCUT2D eigenvalue weighted by molar-refractivity contribution is 0.481. The summed E-state index contributed by atoms with van der Waals surface area (Å²) in [5, 5.41) is 3.61. The van der Waals surface area contributed by atoms with Crippen molar-refractivity contribution in [1.82, 2.24) is 9.78 Å². The molecule has 0 N–H and O–H groups in total. The maximum absolute atomic E-state index is 7.80. The van der Waals surface area contributed by atoms with Crippen molar-refractivity contribution >= 4 is 15.9 Å². The number of hydrogen-bond donors (Lipinski definition) is 0. The smallest absolute Gasteiger partial charge is 0.128 e. The van der Waals surface area contributed by atoms with Crippen molar-refractivity contribution in [2.75, 3.05) is 0 Å². The van der Waals surface area contributed by atoms with E-state index in [1.165, 1.54) is 6.07 Å². The molecule has 56 valence electrons. The van der Waals surface area contributed by atoms with Crippen LogP contribution in [0.4, 0.5) is 0 Å². The van der Waals surface area contributed by atoms with E-state index in [1.807, 2.05) is 0 Å². The molecule has 0 saturated heterocycles. The van der Waals surface area contributed by atoms with Gasteiger partial charge >= 0.3 is 0 Å². The minimum atomic E-state index is -3.36. The van der Waals surface area contributed by atoms with Crippen molar-refractivity contribution in [1.29, 1.82) is 0 Å². The maximum atomic E-state index is 7.80. The summed E-state index contributed by atoms with van der Waals surface area (Å²) in [6.07, 6.45) is 1.07. The first kappa shape index (κ1) is 2.09. The molecule has 0 spiro atoms. The molecule has 0 amide bonds. The topological polar surface area (TPSA) is 17.8 Å². The Balaban J connectivity index is 3.50. The molecule has 1 aromatic heterocycles. The van der Waals surface area contributed by atoms with E-state index in [9.17, 15) is 0 Å². The Kier molecular flexibility index (Phi) is 0.668. The van der Waals surface area contributed by atoms with Gasteiger partial charge < -0.3 is 0 Å². The van der Waals surface area contributed by atoms with Crippen LogP contribution in [-0.4, -0.2) is 9.78 Å². The molecule has 2 nitrogen and oxygen atoms in total. The minimum absolute atomic E-state index is 0.204. The molecule has 0 saturated carbocycles. The Morgan fingerprint density at radius 1 is 2.10 bits per heavy atom. The normalized spacial score (nSPS) is 29.1. The van der Waals surface area contributed by atoms with Gasteiger partial charge in [0.1, 0.15) is 4.60 Å². The van der Waals surface area contributed by atoms with Crippen LogP contribution in [0.25, 0.3) is 0 Å². The maximum Gasteiger partial charge on any atom is 0.128 e. The van der Waals surface area contributed by atoms with E-state index >= 15 is 0 Å². The Labute approximate surface area is 82.0 Å². The summed E-state index contributed by atoms with van der Waals surface area (Å²) >= 11 is 2.95. The Morgan fingerprint density at radius 2 is 2.90 bits per heavy atom. The molecule has 0 aliphatic carbocycles. The molecular formula is C7H11BrN2. The summed E-state index contributed by atoms with van der Waals surface area (Å²) < 4.78 is 67.6. The summed E-state index contributed by atoms with van der Waals surface area (Å²) in [5.74, 6) is -3.35. The van der Waals surface area contributed by atoms with Gasteiger partial charge in [0.15, 0.2) is 0 Å². The van der Waals surface area contributed by atoms with Gasteiger partial charge in [0, 0.05) is 22.3 Å². The van der Waals surface area contributed by atoms with Crippen LogP contribution in [0.5, 0.6) is 0 Å². The highest BCUT2D eigenvalue weighted by Gasteiger charge is 1.96. The standard InChI is InChI=1S/C7H11BrN2/c1-6(2)5-10-4-3-7(8)9-10/h3-4,6H,5H2,1-2H3/i1D3,2D3,5D2,6D. The Morgan fingerprint density at radius 3 is 3.40 bits per heavy atom. The predicted molar refractivity (Wildman–Crippen MR) is 44.8 cm³/mol. The monoisotopic (exact) mass is 211 g/mol. The van der Waals surface area contributed by atoms with Crippen LogP contribution >= 0.6 is 15.9 Å². The second kappa shape index (κ2) is 3.19. The zero-order valence-electron chi connectivity index (χ0n) is 13.9. The highest BCUT2D eigenvalue weighted by Crippen LogP contribution is 2.05. The zero-order chi connectivity index (χ0) is 15.3. The molecule has 0 bridgehead atoms. The summed E-state index contributed by atoms with van der Waals surface area (Å²) in [5.41, 5.74) is 0. The van der Waals surface area contributed by atoms with Gasteiger partial charge in [0.25, 0.3) is 0 Å². The van der Waals surface area contributed by atoms with E-state index in [0.717, 1.165) is 6.20 Å². The van der Waals surface area contributed by atoms with Gasteiger partial charge in [-0.1, -0.05) is 13.7 Å². The summed E-state index contributed by atoms with van der Waals surface area (Å²) in [6, 6.07) is 1.32. The van der Waals surface area contributed by atoms with Crippen LogP contribution in [-0.2, 0) is 6.50 Å². The van der Waals surface area contributed by atoms with Gasteiger partial charge in [0.05, 0.1) is 2.74 Å². The lowest BCUT2D eigenvalue weighted by atomic mass is 10.2. The van der Waals surface area contributed by atoms with Crippen molar-refractivity contribution < 1.29 is 12.3 Å². The Hall–Kier alpha value is -0.310. The first-order valence-electron chi connectivity index (χ1n) is 6.97. The molecule has 1 aromatic rings. The molecule has 1 rings (SSSR count). The molecule has 0 aliphatic rings. The number of halogens is 1. The van der Waals surface area contributed by atoms with Gasteiger partial charge in [-0.25, -0.2) is 0 Å². The highest BCUT2D eigenvalue weighted by atomic mass is 79.9. The molecule has 0 unspecified atom stereocenters. The summed E-state index contributed by atoms with van der Waals surface area (Å²) in [6.45, 7) is -9.77. The fourth-order valence-corrected chi connectivity index (χ4v) is 0.768. The van der Waals surface area contributed by atoms with Crippen LogP contribution in [0.2, 0.25) is 0 Å². The van der Waals surface area contributed by atoms with Crippen LogP contribution < -0.4 is 0 Å². The average molecular weight is 212 g/mol.